The molecule has 0 amide bonds. The number of aromatic amines is 1. The van der Waals surface area contributed by atoms with E-state index in [1.165, 1.54) is 0 Å². The number of hydrogen-bond donors (Lipinski definition) is 1. The highest BCUT2D eigenvalue weighted by Crippen LogP contribution is 2.33. The minimum Gasteiger partial charge on any atom is -0.355 e. The number of aromatic nitrogens is 1. The molecule has 0 bridgehead atoms. The van der Waals surface area contributed by atoms with Crippen LogP contribution in [0.3, 0.4) is 0 Å². The molecule has 3 aromatic carbocycles. The second kappa shape index (κ2) is 6.89. The van der Waals surface area contributed by atoms with E-state index in [9.17, 15) is 8.42 Å². The molecule has 0 aliphatic carbocycles. The minimum absolute atomic E-state index is 0.300. The Morgan fingerprint density at radius 2 is 1.56 bits per heavy atom. The maximum Gasteiger partial charge on any atom is 0.206 e. The van der Waals surface area contributed by atoms with E-state index in [1.807, 2.05) is 48.5 Å². The van der Waals surface area contributed by atoms with Gasteiger partial charge in [0.25, 0.3) is 0 Å². The molecule has 0 saturated heterocycles. The average Bonchev–Trinajstić information content (AvgIpc) is 3.14. The van der Waals surface area contributed by atoms with E-state index < -0.39 is 9.84 Å². The molecule has 1 N–H and O–H groups in total. The first-order chi connectivity index (χ1) is 13.1. The van der Waals surface area contributed by atoms with Crippen molar-refractivity contribution in [3.8, 4) is 11.3 Å². The van der Waals surface area contributed by atoms with Crippen LogP contribution < -0.4 is 0 Å². The fourth-order valence-electron chi connectivity index (χ4n) is 3.35. The molecule has 0 aliphatic rings. The Morgan fingerprint density at radius 3 is 2.22 bits per heavy atom. The van der Waals surface area contributed by atoms with E-state index in [2.05, 4.69) is 11.6 Å². The van der Waals surface area contributed by atoms with Gasteiger partial charge in [0.2, 0.25) is 9.84 Å². The summed E-state index contributed by atoms with van der Waals surface area (Å²) in [5.41, 5.74) is 3.71. The molecule has 4 heteroatoms. The van der Waals surface area contributed by atoms with Crippen LogP contribution in [0.2, 0.25) is 0 Å². The SMILES string of the molecule is C=CCc1c(S(=O)(=O)c2ccccc2)ccc2[nH]c(-c3ccccc3)cc12. The monoisotopic (exact) mass is 373 g/mol. The van der Waals surface area contributed by atoms with Crippen molar-refractivity contribution >= 4 is 20.7 Å². The Bertz CT molecular complexity index is 1210. The molecular weight excluding hydrogens is 354 g/mol. The van der Waals surface area contributed by atoms with Gasteiger partial charge in [-0.25, -0.2) is 8.42 Å². The van der Waals surface area contributed by atoms with Gasteiger partial charge in [0.1, 0.15) is 0 Å². The van der Waals surface area contributed by atoms with Crippen molar-refractivity contribution in [2.45, 2.75) is 16.2 Å². The van der Waals surface area contributed by atoms with Crippen LogP contribution in [0.1, 0.15) is 5.56 Å². The Morgan fingerprint density at radius 1 is 0.889 bits per heavy atom. The van der Waals surface area contributed by atoms with Gasteiger partial charge in [-0.2, -0.15) is 0 Å². The molecule has 0 saturated carbocycles. The number of H-pyrrole nitrogens is 1. The van der Waals surface area contributed by atoms with E-state index in [0.29, 0.717) is 16.2 Å². The highest BCUT2D eigenvalue weighted by Gasteiger charge is 2.23. The van der Waals surface area contributed by atoms with Gasteiger partial charge in [-0.1, -0.05) is 54.6 Å². The quantitative estimate of drug-likeness (QED) is 0.476. The molecule has 134 valence electrons. The van der Waals surface area contributed by atoms with Gasteiger partial charge in [0, 0.05) is 16.6 Å². The maximum atomic E-state index is 13.2. The second-order valence-corrected chi connectivity index (χ2v) is 8.28. The van der Waals surface area contributed by atoms with E-state index >= 15 is 0 Å². The summed E-state index contributed by atoms with van der Waals surface area (Å²) >= 11 is 0. The first kappa shape index (κ1) is 17.3. The molecule has 27 heavy (non-hydrogen) atoms. The standard InChI is InChI=1S/C23H19NO2S/c1-2-9-19-20-16-22(17-10-5-3-6-11-17)24-21(20)14-15-23(19)27(25,26)18-12-7-4-8-13-18/h2-8,10-16,24H,1,9H2. The zero-order valence-electron chi connectivity index (χ0n) is 14.7. The molecular formula is C23H19NO2S. The van der Waals surface area contributed by atoms with Crippen molar-refractivity contribution in [3.05, 3.63) is 97.1 Å². The molecule has 0 spiro atoms. The Hall–Kier alpha value is -3.11. The Kier molecular flexibility index (Phi) is 4.42. The number of benzene rings is 3. The van der Waals surface area contributed by atoms with Crippen LogP contribution in [-0.2, 0) is 16.3 Å². The van der Waals surface area contributed by atoms with Gasteiger partial charge in [0.15, 0.2) is 0 Å². The lowest BCUT2D eigenvalue weighted by molar-refractivity contribution is 0.595. The van der Waals surface area contributed by atoms with Gasteiger partial charge < -0.3 is 4.98 Å². The number of allylic oxidation sites excluding steroid dienone is 1. The number of hydrogen-bond acceptors (Lipinski definition) is 2. The topological polar surface area (TPSA) is 49.9 Å². The summed E-state index contributed by atoms with van der Waals surface area (Å²) in [5, 5.41) is 0.908. The molecule has 1 aromatic heterocycles. The van der Waals surface area contributed by atoms with Crippen molar-refractivity contribution in [1.82, 2.24) is 4.98 Å². The Labute approximate surface area is 158 Å². The number of sulfone groups is 1. The summed E-state index contributed by atoms with van der Waals surface area (Å²) in [6.07, 6.45) is 2.22. The lowest BCUT2D eigenvalue weighted by Crippen LogP contribution is -2.05. The van der Waals surface area contributed by atoms with E-state index in [-0.39, 0.29) is 0 Å². The van der Waals surface area contributed by atoms with Crippen LogP contribution in [-0.4, -0.2) is 13.4 Å². The predicted octanol–water partition coefficient (Wildman–Crippen LogP) is 5.40. The smallest absolute Gasteiger partial charge is 0.206 e. The molecule has 4 rings (SSSR count). The summed E-state index contributed by atoms with van der Waals surface area (Å²) in [5.74, 6) is 0. The third kappa shape index (κ3) is 3.09. The van der Waals surface area contributed by atoms with Crippen LogP contribution in [0.25, 0.3) is 22.2 Å². The third-order valence-corrected chi connectivity index (χ3v) is 6.50. The fraction of sp³-hybridized carbons (Fsp3) is 0.0435. The third-order valence-electron chi connectivity index (χ3n) is 4.65. The van der Waals surface area contributed by atoms with Gasteiger partial charge in [-0.3, -0.25) is 0 Å². The van der Waals surface area contributed by atoms with Crippen LogP contribution in [0.15, 0.2) is 101 Å². The van der Waals surface area contributed by atoms with E-state index in [4.69, 9.17) is 0 Å². The molecule has 0 atom stereocenters. The number of nitrogens with one attached hydrogen (secondary N) is 1. The minimum atomic E-state index is -3.60. The molecule has 0 radical (unpaired) electrons. The number of rotatable bonds is 5. The average molecular weight is 373 g/mol. The van der Waals surface area contributed by atoms with Crippen LogP contribution >= 0.6 is 0 Å². The molecule has 3 nitrogen and oxygen atoms in total. The summed E-state index contributed by atoms with van der Waals surface area (Å²) in [6.45, 7) is 3.82. The highest BCUT2D eigenvalue weighted by atomic mass is 32.2. The zero-order chi connectivity index (χ0) is 18.9. The molecule has 0 unspecified atom stereocenters. The maximum absolute atomic E-state index is 13.2. The van der Waals surface area contributed by atoms with Crippen LogP contribution in [0, 0.1) is 0 Å². The first-order valence-corrected chi connectivity index (χ1v) is 10.2. The van der Waals surface area contributed by atoms with Crippen LogP contribution in [0.4, 0.5) is 0 Å². The molecule has 1 heterocycles. The van der Waals surface area contributed by atoms with Crippen molar-refractivity contribution < 1.29 is 8.42 Å². The normalized spacial score (nSPS) is 11.6. The van der Waals surface area contributed by atoms with Crippen molar-refractivity contribution in [2.24, 2.45) is 0 Å². The predicted molar refractivity (Wildman–Crippen MR) is 110 cm³/mol. The van der Waals surface area contributed by atoms with Crippen molar-refractivity contribution in [2.75, 3.05) is 0 Å². The second-order valence-electron chi connectivity index (χ2n) is 6.36. The fourth-order valence-corrected chi connectivity index (χ4v) is 4.88. The van der Waals surface area contributed by atoms with E-state index in [1.54, 1.807) is 36.4 Å². The van der Waals surface area contributed by atoms with Gasteiger partial charge in [-0.15, -0.1) is 6.58 Å². The largest absolute Gasteiger partial charge is 0.355 e. The summed E-state index contributed by atoms with van der Waals surface area (Å²) < 4.78 is 26.4. The van der Waals surface area contributed by atoms with E-state index in [0.717, 1.165) is 27.7 Å². The lowest BCUT2D eigenvalue weighted by atomic mass is 10.1. The van der Waals surface area contributed by atoms with Gasteiger partial charge in [-0.05, 0) is 47.9 Å². The highest BCUT2D eigenvalue weighted by molar-refractivity contribution is 7.91. The summed E-state index contributed by atoms with van der Waals surface area (Å²) in [4.78, 5) is 4.03. The van der Waals surface area contributed by atoms with Gasteiger partial charge in [0.05, 0.1) is 9.79 Å². The van der Waals surface area contributed by atoms with Gasteiger partial charge >= 0.3 is 0 Å². The molecule has 0 fully saturated rings. The first-order valence-electron chi connectivity index (χ1n) is 8.72. The molecule has 0 aliphatic heterocycles. The Balaban J connectivity index is 1.95. The summed E-state index contributed by atoms with van der Waals surface area (Å²) in [7, 11) is -3.60. The van der Waals surface area contributed by atoms with Crippen molar-refractivity contribution in [3.63, 3.8) is 0 Å². The van der Waals surface area contributed by atoms with Crippen molar-refractivity contribution in [1.29, 1.82) is 0 Å². The molecule has 4 aromatic rings. The summed E-state index contributed by atoms with van der Waals surface area (Å²) in [6, 6.07) is 24.1. The lowest BCUT2D eigenvalue weighted by Gasteiger charge is -2.11. The zero-order valence-corrected chi connectivity index (χ0v) is 15.5. The van der Waals surface area contributed by atoms with Crippen LogP contribution in [0.5, 0.6) is 0 Å². The number of fused-ring (bicyclic) bond motifs is 1.